The number of aromatic nitrogens is 4. The highest BCUT2D eigenvalue weighted by atomic mass is 15.0. The van der Waals surface area contributed by atoms with E-state index in [-0.39, 0.29) is 0 Å². The molecule has 334 valence electrons. The molecule has 2 heterocycles. The van der Waals surface area contributed by atoms with Crippen LogP contribution in [0, 0.1) is 53.7 Å². The van der Waals surface area contributed by atoms with Crippen LogP contribution in [0.1, 0.15) is 16.7 Å². The highest BCUT2D eigenvalue weighted by molar-refractivity contribution is 6.13. The summed E-state index contributed by atoms with van der Waals surface area (Å²) >= 11 is 0. The molecule has 0 atom stereocenters. The molecule has 73 heavy (non-hydrogen) atoms. The molecule has 0 unspecified atom stereocenters. The summed E-state index contributed by atoms with van der Waals surface area (Å²) in [6.45, 7) is 23.7. The van der Waals surface area contributed by atoms with E-state index in [1.54, 1.807) is 48.5 Å². The highest BCUT2D eigenvalue weighted by Gasteiger charge is 2.25. The van der Waals surface area contributed by atoms with Gasteiger partial charge in [0.2, 0.25) is 0 Å². The molecule has 2 aromatic heterocycles. The van der Waals surface area contributed by atoms with E-state index in [0.29, 0.717) is 67.9 Å². The molecule has 0 saturated carbocycles. The minimum Gasteiger partial charge on any atom is -0.308 e. The van der Waals surface area contributed by atoms with Crippen LogP contribution in [0.3, 0.4) is 0 Å². The van der Waals surface area contributed by atoms with Crippen LogP contribution in [-0.2, 0) is 0 Å². The second kappa shape index (κ2) is 18.7. The van der Waals surface area contributed by atoms with Gasteiger partial charge >= 0.3 is 0 Å². The molecular formula is C63H32N10. The average molecular weight is 929 g/mol. The SMILES string of the molecule is [C-]#[N+]c1cc(C#N)cc(-c2ccc3c(c2)c2cc(-c4cc(C#N)cc([N+]#[C-])c4)ccc2n3-c2c(-c3cccc(C#N)c3)cc(-c3nc(-c4ccccc4)nc(-c4ccccc4)n3)cc2-c2cccc([N+]#[C-])c2)c1. The summed E-state index contributed by atoms with van der Waals surface area (Å²) in [5.41, 5.74) is 12.8. The fraction of sp³-hybridized carbons (Fsp3) is 0. The minimum atomic E-state index is 0.340. The fourth-order valence-corrected chi connectivity index (χ4v) is 9.32. The molecule has 0 N–H and O–H groups in total. The van der Waals surface area contributed by atoms with E-state index in [1.807, 2.05) is 133 Å². The average Bonchev–Trinajstić information content (AvgIpc) is 3.79. The van der Waals surface area contributed by atoms with Crippen molar-refractivity contribution in [3.63, 3.8) is 0 Å². The van der Waals surface area contributed by atoms with Gasteiger partial charge in [-0.05, 0) is 124 Å². The molecule has 0 aliphatic heterocycles. The molecule has 0 spiro atoms. The Hall–Kier alpha value is -11.3. The van der Waals surface area contributed by atoms with Crippen molar-refractivity contribution in [2.45, 2.75) is 0 Å². The van der Waals surface area contributed by atoms with E-state index in [2.05, 4.69) is 49.4 Å². The monoisotopic (exact) mass is 928 g/mol. The zero-order valence-electron chi connectivity index (χ0n) is 38.4. The van der Waals surface area contributed by atoms with Crippen molar-refractivity contribution in [2.75, 3.05) is 0 Å². The topological polar surface area (TPSA) is 128 Å². The molecule has 0 amide bonds. The molecular weight excluding hydrogens is 897 g/mol. The summed E-state index contributed by atoms with van der Waals surface area (Å²) in [7, 11) is 0. The first-order valence-electron chi connectivity index (χ1n) is 22.8. The Kier molecular flexibility index (Phi) is 11.3. The zero-order valence-corrected chi connectivity index (χ0v) is 38.4. The highest BCUT2D eigenvalue weighted by Crippen LogP contribution is 2.46. The van der Waals surface area contributed by atoms with Gasteiger partial charge in [0.15, 0.2) is 34.5 Å². The number of nitriles is 3. The minimum absolute atomic E-state index is 0.340. The van der Waals surface area contributed by atoms with Gasteiger partial charge in [0.25, 0.3) is 0 Å². The lowest BCUT2D eigenvalue weighted by molar-refractivity contribution is 1.07. The molecule has 0 fully saturated rings. The molecule has 11 rings (SSSR count). The largest absolute Gasteiger partial charge is 0.308 e. The fourth-order valence-electron chi connectivity index (χ4n) is 9.32. The van der Waals surface area contributed by atoms with Gasteiger partial charge in [-0.1, -0.05) is 103 Å². The van der Waals surface area contributed by atoms with Crippen molar-refractivity contribution >= 4 is 38.9 Å². The summed E-state index contributed by atoms with van der Waals surface area (Å²) < 4.78 is 2.20. The van der Waals surface area contributed by atoms with Gasteiger partial charge in [0.1, 0.15) is 0 Å². The van der Waals surface area contributed by atoms with E-state index < -0.39 is 0 Å². The molecule has 0 aliphatic rings. The predicted molar refractivity (Wildman–Crippen MR) is 285 cm³/mol. The lowest BCUT2D eigenvalue weighted by Gasteiger charge is -2.21. The van der Waals surface area contributed by atoms with Gasteiger partial charge in [-0.15, -0.1) is 0 Å². The number of nitrogens with zero attached hydrogens (tertiary/aromatic N) is 10. The third-order valence-corrected chi connectivity index (χ3v) is 12.7. The predicted octanol–water partition coefficient (Wildman–Crippen LogP) is 15.9. The summed E-state index contributed by atoms with van der Waals surface area (Å²) in [5.74, 6) is 1.38. The summed E-state index contributed by atoms with van der Waals surface area (Å²) in [5, 5.41) is 32.0. The normalized spacial score (nSPS) is 10.7. The van der Waals surface area contributed by atoms with Crippen LogP contribution in [0.25, 0.3) is 121 Å². The summed E-state index contributed by atoms with van der Waals surface area (Å²) in [6.07, 6.45) is 0. The maximum Gasteiger partial charge on any atom is 0.189 e. The van der Waals surface area contributed by atoms with Gasteiger partial charge < -0.3 is 4.57 Å². The quantitative estimate of drug-likeness (QED) is 0.140. The molecule has 0 aliphatic carbocycles. The second-order valence-corrected chi connectivity index (χ2v) is 17.1. The molecule has 0 bridgehead atoms. The van der Waals surface area contributed by atoms with Gasteiger partial charge in [0.05, 0.1) is 60.2 Å². The van der Waals surface area contributed by atoms with E-state index in [9.17, 15) is 15.8 Å². The Balaban J connectivity index is 1.28. The first-order valence-corrected chi connectivity index (χ1v) is 22.8. The Morgan fingerprint density at radius 3 is 1.25 bits per heavy atom. The Labute approximate surface area is 420 Å². The Morgan fingerprint density at radius 1 is 0.342 bits per heavy atom. The maximum atomic E-state index is 10.3. The first-order chi connectivity index (χ1) is 35.8. The van der Waals surface area contributed by atoms with Crippen LogP contribution in [0.15, 0.2) is 194 Å². The van der Waals surface area contributed by atoms with Crippen molar-refractivity contribution in [3.05, 3.63) is 245 Å². The van der Waals surface area contributed by atoms with E-state index in [1.165, 1.54) is 0 Å². The smallest absolute Gasteiger partial charge is 0.189 e. The summed E-state index contributed by atoms with van der Waals surface area (Å²) in [6, 6.07) is 67.6. The van der Waals surface area contributed by atoms with Gasteiger partial charge in [-0.3, -0.25) is 0 Å². The molecule has 10 heteroatoms. The van der Waals surface area contributed by atoms with Gasteiger partial charge in [-0.2, -0.15) is 15.8 Å². The Morgan fingerprint density at radius 2 is 0.767 bits per heavy atom. The van der Waals surface area contributed by atoms with Crippen molar-refractivity contribution in [3.8, 4) is 103 Å². The first kappa shape index (κ1) is 44.2. The third-order valence-electron chi connectivity index (χ3n) is 12.7. The second-order valence-electron chi connectivity index (χ2n) is 17.1. The molecule has 11 aromatic rings. The molecule has 0 radical (unpaired) electrons. The number of rotatable bonds is 8. The van der Waals surface area contributed by atoms with E-state index >= 15 is 0 Å². The number of fused-ring (bicyclic) bond motifs is 3. The van der Waals surface area contributed by atoms with Crippen molar-refractivity contribution in [1.82, 2.24) is 19.5 Å². The van der Waals surface area contributed by atoms with E-state index in [0.717, 1.165) is 72.0 Å². The van der Waals surface area contributed by atoms with Crippen molar-refractivity contribution in [1.29, 1.82) is 15.8 Å². The summed E-state index contributed by atoms with van der Waals surface area (Å²) in [4.78, 5) is 26.4. The van der Waals surface area contributed by atoms with E-state index in [4.69, 9.17) is 34.7 Å². The van der Waals surface area contributed by atoms with Crippen LogP contribution in [0.5, 0.6) is 0 Å². The number of hydrogen-bond acceptors (Lipinski definition) is 6. The standard InChI is InChI=1S/C63H32N10/c1-67-51-19-11-18-47(29-51)55-35-50(63-71-61(42-13-6-4-7-14-42)70-62(72-63)43-15-8-5-9-16-43)34-54(46-17-10-12-39(24-46)36-64)60(55)73-58-22-20-44(48-25-40(37-65)27-52(30-48)68-2)32-56(58)57-33-45(21-23-59(57)73)49-26-41(38-66)28-53(31-49)69-3/h4-35H. The Bertz CT molecular complexity index is 4010. The van der Waals surface area contributed by atoms with Gasteiger partial charge in [-0.25, -0.2) is 29.5 Å². The maximum absolute atomic E-state index is 10.3. The zero-order chi connectivity index (χ0) is 50.0. The molecule has 10 nitrogen and oxygen atoms in total. The molecule has 9 aromatic carbocycles. The lowest BCUT2D eigenvalue weighted by atomic mass is 9.91. The van der Waals surface area contributed by atoms with Crippen LogP contribution in [0.4, 0.5) is 17.1 Å². The number of hydrogen-bond donors (Lipinski definition) is 0. The van der Waals surface area contributed by atoms with Crippen LogP contribution in [-0.4, -0.2) is 19.5 Å². The van der Waals surface area contributed by atoms with Gasteiger partial charge in [0, 0.05) is 49.7 Å². The molecule has 0 saturated heterocycles. The van der Waals surface area contributed by atoms with Crippen LogP contribution in [0.2, 0.25) is 0 Å². The van der Waals surface area contributed by atoms with Crippen LogP contribution >= 0.6 is 0 Å². The van der Waals surface area contributed by atoms with Crippen molar-refractivity contribution in [2.24, 2.45) is 0 Å². The van der Waals surface area contributed by atoms with Crippen molar-refractivity contribution < 1.29 is 0 Å². The number of benzene rings is 9. The third kappa shape index (κ3) is 8.31. The van der Waals surface area contributed by atoms with Crippen LogP contribution < -0.4 is 0 Å². The lowest BCUT2D eigenvalue weighted by Crippen LogP contribution is -2.04.